The highest BCUT2D eigenvalue weighted by molar-refractivity contribution is 6.32. The minimum absolute atomic E-state index is 0.0927. The standard InChI is InChI=1S/C16H17ClF3N5O2/c1-2-24(14(27)5-7-22-13(26)8-16(18,19)20)12-10-25(23-15(12)17)11-4-3-6-21-9-11/h3-4,6,9-10H,2,5,7-8H2,1H3,(H,22,26). The third-order valence-electron chi connectivity index (χ3n) is 3.49. The van der Waals surface area contributed by atoms with E-state index in [-0.39, 0.29) is 24.7 Å². The molecule has 0 saturated heterocycles. The lowest BCUT2D eigenvalue weighted by Gasteiger charge is -2.19. The molecule has 1 N–H and O–H groups in total. The molecule has 2 heterocycles. The molecule has 2 aromatic heterocycles. The average Bonchev–Trinajstić information content (AvgIpc) is 2.96. The summed E-state index contributed by atoms with van der Waals surface area (Å²) < 4.78 is 37.8. The summed E-state index contributed by atoms with van der Waals surface area (Å²) in [5, 5.41) is 6.30. The molecule has 0 bridgehead atoms. The number of hydrogen-bond donors (Lipinski definition) is 1. The topological polar surface area (TPSA) is 80.1 Å². The SMILES string of the molecule is CCN(C(=O)CCNC(=O)CC(F)(F)F)c1cn(-c2cccnc2)nc1Cl. The van der Waals surface area contributed by atoms with Gasteiger partial charge in [-0.15, -0.1) is 0 Å². The van der Waals surface area contributed by atoms with Gasteiger partial charge in [0, 0.05) is 25.7 Å². The van der Waals surface area contributed by atoms with Crippen LogP contribution in [0.25, 0.3) is 5.69 Å². The van der Waals surface area contributed by atoms with Crippen LogP contribution in [0.1, 0.15) is 19.8 Å². The van der Waals surface area contributed by atoms with Crippen LogP contribution in [-0.2, 0) is 9.59 Å². The van der Waals surface area contributed by atoms with E-state index in [9.17, 15) is 22.8 Å². The van der Waals surface area contributed by atoms with Crippen molar-refractivity contribution in [1.82, 2.24) is 20.1 Å². The number of aromatic nitrogens is 3. The van der Waals surface area contributed by atoms with E-state index in [4.69, 9.17) is 11.6 Å². The van der Waals surface area contributed by atoms with Crippen LogP contribution in [-0.4, -0.2) is 45.8 Å². The largest absolute Gasteiger partial charge is 0.397 e. The second kappa shape index (κ2) is 8.85. The van der Waals surface area contributed by atoms with Crippen molar-refractivity contribution >= 4 is 29.1 Å². The average molecular weight is 404 g/mol. The predicted molar refractivity (Wildman–Crippen MR) is 92.7 cm³/mol. The zero-order valence-corrected chi connectivity index (χ0v) is 15.1. The zero-order chi connectivity index (χ0) is 20.0. The molecule has 0 aliphatic heterocycles. The number of nitrogens with zero attached hydrogens (tertiary/aromatic N) is 4. The molecule has 2 rings (SSSR count). The minimum atomic E-state index is -4.59. The number of halogens is 4. The smallest absolute Gasteiger partial charge is 0.355 e. The first kappa shape index (κ1) is 20.7. The van der Waals surface area contributed by atoms with Gasteiger partial charge in [0.25, 0.3) is 0 Å². The van der Waals surface area contributed by atoms with Crippen molar-refractivity contribution in [2.75, 3.05) is 18.0 Å². The first-order chi connectivity index (χ1) is 12.7. The third-order valence-corrected chi connectivity index (χ3v) is 3.76. The Labute approximate surface area is 158 Å². The van der Waals surface area contributed by atoms with Crippen LogP contribution in [0, 0.1) is 0 Å². The monoisotopic (exact) mass is 403 g/mol. The van der Waals surface area contributed by atoms with Crippen LogP contribution >= 0.6 is 11.6 Å². The van der Waals surface area contributed by atoms with Gasteiger partial charge in [-0.05, 0) is 19.1 Å². The number of alkyl halides is 3. The molecule has 0 radical (unpaired) electrons. The van der Waals surface area contributed by atoms with E-state index in [2.05, 4.69) is 15.4 Å². The van der Waals surface area contributed by atoms with Crippen molar-refractivity contribution in [2.45, 2.75) is 25.9 Å². The Balaban J connectivity index is 2.01. The number of carbonyl (C=O) groups is 2. The van der Waals surface area contributed by atoms with Crippen molar-refractivity contribution in [3.8, 4) is 5.69 Å². The Bertz CT molecular complexity index is 795. The van der Waals surface area contributed by atoms with E-state index in [1.165, 1.54) is 9.58 Å². The van der Waals surface area contributed by atoms with Crippen LogP contribution in [0.2, 0.25) is 5.15 Å². The Hall–Kier alpha value is -2.62. The van der Waals surface area contributed by atoms with E-state index in [0.717, 1.165) is 0 Å². The predicted octanol–water partition coefficient (Wildman–Crippen LogP) is 2.73. The zero-order valence-electron chi connectivity index (χ0n) is 14.3. The summed E-state index contributed by atoms with van der Waals surface area (Å²) in [7, 11) is 0. The van der Waals surface area contributed by atoms with E-state index >= 15 is 0 Å². The molecule has 0 fully saturated rings. The number of pyridine rings is 1. The fraction of sp³-hybridized carbons (Fsp3) is 0.375. The minimum Gasteiger partial charge on any atom is -0.355 e. The van der Waals surface area contributed by atoms with Gasteiger partial charge in [-0.2, -0.15) is 18.3 Å². The van der Waals surface area contributed by atoms with E-state index < -0.39 is 24.4 Å². The summed E-state index contributed by atoms with van der Waals surface area (Å²) in [6, 6.07) is 3.48. The molecule has 0 atom stereocenters. The molecule has 0 aliphatic rings. The lowest BCUT2D eigenvalue weighted by Crippen LogP contribution is -2.35. The van der Waals surface area contributed by atoms with Crippen molar-refractivity contribution in [3.63, 3.8) is 0 Å². The van der Waals surface area contributed by atoms with Gasteiger partial charge in [0.2, 0.25) is 11.8 Å². The molecule has 0 spiro atoms. The Morgan fingerprint density at radius 3 is 2.70 bits per heavy atom. The highest BCUT2D eigenvalue weighted by atomic mass is 35.5. The van der Waals surface area contributed by atoms with Crippen molar-refractivity contribution in [1.29, 1.82) is 0 Å². The molecular formula is C16H17ClF3N5O2. The number of nitrogens with one attached hydrogen (secondary N) is 1. The quantitative estimate of drug-likeness (QED) is 0.770. The third kappa shape index (κ3) is 5.95. The summed E-state index contributed by atoms with van der Waals surface area (Å²) in [6.07, 6.45) is -1.61. The molecule has 11 heteroatoms. The molecule has 2 aromatic rings. The molecule has 27 heavy (non-hydrogen) atoms. The number of hydrogen-bond acceptors (Lipinski definition) is 4. The summed E-state index contributed by atoms with van der Waals surface area (Å²) in [5.74, 6) is -1.58. The van der Waals surface area contributed by atoms with Crippen LogP contribution < -0.4 is 10.2 Å². The summed E-state index contributed by atoms with van der Waals surface area (Å²) in [6.45, 7) is 1.78. The van der Waals surface area contributed by atoms with Crippen molar-refractivity contribution < 1.29 is 22.8 Å². The van der Waals surface area contributed by atoms with E-state index in [1.807, 2.05) is 0 Å². The van der Waals surface area contributed by atoms with E-state index in [0.29, 0.717) is 11.4 Å². The molecule has 0 aliphatic carbocycles. The first-order valence-electron chi connectivity index (χ1n) is 8.00. The van der Waals surface area contributed by atoms with Crippen LogP contribution in [0.15, 0.2) is 30.7 Å². The molecule has 0 saturated carbocycles. The Morgan fingerprint density at radius 2 is 2.11 bits per heavy atom. The molecule has 7 nitrogen and oxygen atoms in total. The van der Waals surface area contributed by atoms with Gasteiger partial charge < -0.3 is 10.2 Å². The van der Waals surface area contributed by atoms with Gasteiger partial charge in [0.15, 0.2) is 5.15 Å². The first-order valence-corrected chi connectivity index (χ1v) is 8.38. The maximum atomic E-state index is 12.4. The lowest BCUT2D eigenvalue weighted by molar-refractivity contribution is -0.153. The normalized spacial score (nSPS) is 11.3. The Morgan fingerprint density at radius 1 is 1.37 bits per heavy atom. The number of rotatable bonds is 7. The van der Waals surface area contributed by atoms with Gasteiger partial charge in [-0.25, -0.2) is 4.68 Å². The van der Waals surface area contributed by atoms with Crippen molar-refractivity contribution in [2.24, 2.45) is 0 Å². The molecule has 0 unspecified atom stereocenters. The second-order valence-corrected chi connectivity index (χ2v) is 5.85. The van der Waals surface area contributed by atoms with Crippen molar-refractivity contribution in [3.05, 3.63) is 35.9 Å². The molecular weight excluding hydrogens is 387 g/mol. The lowest BCUT2D eigenvalue weighted by atomic mass is 10.3. The summed E-state index contributed by atoms with van der Waals surface area (Å²) in [5.41, 5.74) is 1.00. The fourth-order valence-corrected chi connectivity index (χ4v) is 2.55. The van der Waals surface area contributed by atoms with Gasteiger partial charge >= 0.3 is 6.18 Å². The van der Waals surface area contributed by atoms with Crippen LogP contribution in [0.3, 0.4) is 0 Å². The molecule has 146 valence electrons. The van der Waals surface area contributed by atoms with Gasteiger partial charge in [0.1, 0.15) is 12.1 Å². The number of amides is 2. The highest BCUT2D eigenvalue weighted by Crippen LogP contribution is 2.26. The van der Waals surface area contributed by atoms with Gasteiger partial charge in [-0.1, -0.05) is 11.6 Å². The van der Waals surface area contributed by atoms with Gasteiger partial charge in [0.05, 0.1) is 18.1 Å². The highest BCUT2D eigenvalue weighted by Gasteiger charge is 2.31. The Kier molecular flexibility index (Phi) is 6.78. The van der Waals surface area contributed by atoms with Gasteiger partial charge in [-0.3, -0.25) is 14.6 Å². The van der Waals surface area contributed by atoms with Crippen LogP contribution in [0.4, 0.5) is 18.9 Å². The summed E-state index contributed by atoms with van der Waals surface area (Å²) >= 11 is 6.13. The molecule has 0 aromatic carbocycles. The number of carbonyl (C=O) groups excluding carboxylic acids is 2. The number of anilines is 1. The summed E-state index contributed by atoms with van der Waals surface area (Å²) in [4.78, 5) is 28.9. The fourth-order valence-electron chi connectivity index (χ4n) is 2.32. The molecule has 2 amide bonds. The van der Waals surface area contributed by atoms with E-state index in [1.54, 1.807) is 37.6 Å². The maximum Gasteiger partial charge on any atom is 0.397 e. The second-order valence-electron chi connectivity index (χ2n) is 5.49. The van der Waals surface area contributed by atoms with Crippen LogP contribution in [0.5, 0.6) is 0 Å². The maximum absolute atomic E-state index is 12.4.